The number of hydrogen-bond acceptors (Lipinski definition) is 0. The van der Waals surface area contributed by atoms with Crippen molar-refractivity contribution in [2.75, 3.05) is 0 Å². The van der Waals surface area contributed by atoms with Crippen LogP contribution in [0.1, 0.15) is 45.4 Å². The van der Waals surface area contributed by atoms with E-state index < -0.39 is 0 Å². The standard InChI is InChI=1S/C13H21/c1-2-3-13-11-5-9-4-10(7-11)8-12(13)6-9/h3,9-13H,2,4-8H2,1H3. The van der Waals surface area contributed by atoms with Gasteiger partial charge in [-0.1, -0.05) is 13.3 Å². The highest BCUT2D eigenvalue weighted by Crippen LogP contribution is 2.57. The first kappa shape index (κ1) is 8.32. The van der Waals surface area contributed by atoms with E-state index in [-0.39, 0.29) is 0 Å². The van der Waals surface area contributed by atoms with Gasteiger partial charge in [0.05, 0.1) is 0 Å². The SMILES string of the molecule is CC[CH]C1C2CC3CC(C2)CC1C3. The zero-order valence-corrected chi connectivity index (χ0v) is 8.71. The van der Waals surface area contributed by atoms with Crippen molar-refractivity contribution in [1.82, 2.24) is 0 Å². The second kappa shape index (κ2) is 3.00. The molecule has 4 aliphatic carbocycles. The summed E-state index contributed by atoms with van der Waals surface area (Å²) in [6, 6.07) is 0. The van der Waals surface area contributed by atoms with Gasteiger partial charge in [-0.15, -0.1) is 0 Å². The van der Waals surface area contributed by atoms with Crippen LogP contribution in [0.4, 0.5) is 0 Å². The minimum Gasteiger partial charge on any atom is -0.0651 e. The highest BCUT2D eigenvalue weighted by atomic mass is 14.5. The molecule has 4 rings (SSSR count). The summed E-state index contributed by atoms with van der Waals surface area (Å²) in [7, 11) is 0. The lowest BCUT2D eigenvalue weighted by Crippen LogP contribution is -2.45. The molecule has 0 unspecified atom stereocenters. The van der Waals surface area contributed by atoms with Gasteiger partial charge in [0, 0.05) is 0 Å². The van der Waals surface area contributed by atoms with E-state index in [4.69, 9.17) is 0 Å². The second-order valence-corrected chi connectivity index (χ2v) is 5.65. The Hall–Kier alpha value is 0. The Labute approximate surface area is 82.1 Å². The molecule has 0 N–H and O–H groups in total. The monoisotopic (exact) mass is 177 g/mol. The molecule has 0 aliphatic heterocycles. The second-order valence-electron chi connectivity index (χ2n) is 5.65. The van der Waals surface area contributed by atoms with Crippen molar-refractivity contribution in [1.29, 1.82) is 0 Å². The summed E-state index contributed by atoms with van der Waals surface area (Å²) in [6.45, 7) is 2.31. The van der Waals surface area contributed by atoms with Gasteiger partial charge in [0.2, 0.25) is 0 Å². The van der Waals surface area contributed by atoms with Gasteiger partial charge in [-0.05, 0) is 68.1 Å². The van der Waals surface area contributed by atoms with Crippen molar-refractivity contribution in [2.24, 2.45) is 29.6 Å². The predicted molar refractivity (Wildman–Crippen MR) is 55.1 cm³/mol. The average Bonchev–Trinajstić information content (AvgIpc) is 2.10. The van der Waals surface area contributed by atoms with Crippen molar-refractivity contribution in [3.63, 3.8) is 0 Å². The van der Waals surface area contributed by atoms with Gasteiger partial charge in [-0.25, -0.2) is 0 Å². The fourth-order valence-electron chi connectivity index (χ4n) is 4.62. The molecule has 0 nitrogen and oxygen atoms in total. The van der Waals surface area contributed by atoms with E-state index in [2.05, 4.69) is 13.3 Å². The van der Waals surface area contributed by atoms with E-state index >= 15 is 0 Å². The zero-order chi connectivity index (χ0) is 8.84. The lowest BCUT2D eigenvalue weighted by molar-refractivity contribution is -0.0234. The van der Waals surface area contributed by atoms with E-state index in [0.717, 1.165) is 29.6 Å². The summed E-state index contributed by atoms with van der Waals surface area (Å²) in [5, 5.41) is 0. The van der Waals surface area contributed by atoms with Gasteiger partial charge in [0.1, 0.15) is 0 Å². The summed E-state index contributed by atoms with van der Waals surface area (Å²) >= 11 is 0. The largest absolute Gasteiger partial charge is 0.0651 e. The van der Waals surface area contributed by atoms with E-state index in [1.54, 1.807) is 32.1 Å². The van der Waals surface area contributed by atoms with Crippen molar-refractivity contribution in [3.05, 3.63) is 6.42 Å². The van der Waals surface area contributed by atoms with Crippen molar-refractivity contribution in [3.8, 4) is 0 Å². The first-order chi connectivity index (χ1) is 6.36. The maximum Gasteiger partial charge on any atom is -0.0326 e. The summed E-state index contributed by atoms with van der Waals surface area (Å²) in [5.41, 5.74) is 0. The highest BCUT2D eigenvalue weighted by molar-refractivity contribution is 5.01. The average molecular weight is 177 g/mol. The third-order valence-electron chi connectivity index (χ3n) is 4.81. The van der Waals surface area contributed by atoms with Crippen LogP contribution in [-0.2, 0) is 0 Å². The first-order valence-corrected chi connectivity index (χ1v) is 6.20. The Balaban J connectivity index is 1.77. The molecule has 0 atom stereocenters. The molecule has 0 spiro atoms. The maximum absolute atomic E-state index is 2.63. The summed E-state index contributed by atoms with van der Waals surface area (Å²) in [4.78, 5) is 0. The smallest absolute Gasteiger partial charge is 0.0326 e. The Morgan fingerprint density at radius 3 is 1.92 bits per heavy atom. The molecular weight excluding hydrogens is 156 g/mol. The van der Waals surface area contributed by atoms with E-state index in [0.29, 0.717) is 0 Å². The van der Waals surface area contributed by atoms with Crippen molar-refractivity contribution in [2.45, 2.75) is 45.4 Å². The Kier molecular flexibility index (Phi) is 1.92. The predicted octanol–water partition coefficient (Wildman–Crippen LogP) is 3.67. The minimum atomic E-state index is 1.03. The maximum atomic E-state index is 2.63. The Morgan fingerprint density at radius 2 is 1.46 bits per heavy atom. The van der Waals surface area contributed by atoms with E-state index in [1.165, 1.54) is 6.42 Å². The van der Waals surface area contributed by atoms with Gasteiger partial charge in [0.15, 0.2) is 0 Å². The van der Waals surface area contributed by atoms with Gasteiger partial charge < -0.3 is 0 Å². The molecule has 1 radical (unpaired) electrons. The molecule has 0 heterocycles. The molecule has 4 fully saturated rings. The summed E-state index contributed by atoms with van der Waals surface area (Å²) in [5.74, 6) is 5.53. The van der Waals surface area contributed by atoms with Crippen molar-refractivity contribution < 1.29 is 0 Å². The molecule has 73 valence electrons. The Bertz CT molecular complexity index is 166. The molecule has 0 saturated heterocycles. The fourth-order valence-corrected chi connectivity index (χ4v) is 4.62. The van der Waals surface area contributed by atoms with Crippen LogP contribution in [0.3, 0.4) is 0 Å². The first-order valence-electron chi connectivity index (χ1n) is 6.20. The van der Waals surface area contributed by atoms with Crippen LogP contribution in [0, 0.1) is 36.0 Å². The highest BCUT2D eigenvalue weighted by Gasteiger charge is 2.47. The zero-order valence-electron chi connectivity index (χ0n) is 8.71. The summed E-state index contributed by atoms with van der Waals surface area (Å²) in [6.07, 6.45) is 11.8. The Morgan fingerprint density at radius 1 is 0.923 bits per heavy atom. The van der Waals surface area contributed by atoms with E-state index in [9.17, 15) is 0 Å². The minimum absolute atomic E-state index is 1.03. The van der Waals surface area contributed by atoms with Crippen LogP contribution in [-0.4, -0.2) is 0 Å². The number of hydrogen-bond donors (Lipinski definition) is 0. The van der Waals surface area contributed by atoms with Gasteiger partial charge >= 0.3 is 0 Å². The van der Waals surface area contributed by atoms with Crippen LogP contribution < -0.4 is 0 Å². The molecule has 0 aromatic rings. The molecule has 4 bridgehead atoms. The number of rotatable bonds is 2. The van der Waals surface area contributed by atoms with Gasteiger partial charge in [-0.2, -0.15) is 0 Å². The topological polar surface area (TPSA) is 0 Å². The normalized spacial score (nSPS) is 52.8. The van der Waals surface area contributed by atoms with Gasteiger partial charge in [-0.3, -0.25) is 0 Å². The van der Waals surface area contributed by atoms with Crippen LogP contribution in [0.5, 0.6) is 0 Å². The molecule has 13 heavy (non-hydrogen) atoms. The summed E-state index contributed by atoms with van der Waals surface area (Å²) < 4.78 is 0. The lowest BCUT2D eigenvalue weighted by Gasteiger charge is -2.54. The van der Waals surface area contributed by atoms with E-state index in [1.807, 2.05) is 0 Å². The quantitative estimate of drug-likeness (QED) is 0.603. The van der Waals surface area contributed by atoms with Crippen LogP contribution in [0.15, 0.2) is 0 Å². The van der Waals surface area contributed by atoms with Crippen LogP contribution >= 0.6 is 0 Å². The van der Waals surface area contributed by atoms with Crippen molar-refractivity contribution >= 4 is 0 Å². The van der Waals surface area contributed by atoms with Gasteiger partial charge in [0.25, 0.3) is 0 Å². The third kappa shape index (κ3) is 1.25. The molecule has 4 saturated carbocycles. The molecule has 0 heteroatoms. The molecule has 0 amide bonds. The molecular formula is C13H21. The molecule has 4 aliphatic rings. The lowest BCUT2D eigenvalue weighted by atomic mass is 9.51. The van der Waals surface area contributed by atoms with Crippen LogP contribution in [0.25, 0.3) is 0 Å². The molecule has 0 aromatic heterocycles. The third-order valence-corrected chi connectivity index (χ3v) is 4.81. The molecule has 0 aromatic carbocycles. The fraction of sp³-hybridized carbons (Fsp3) is 0.923. The van der Waals surface area contributed by atoms with Crippen LogP contribution in [0.2, 0.25) is 0 Å².